The van der Waals surface area contributed by atoms with Crippen LogP contribution in [0, 0.1) is 11.8 Å². The van der Waals surface area contributed by atoms with E-state index in [1.54, 1.807) is 0 Å². The van der Waals surface area contributed by atoms with Gasteiger partial charge in [-0.05, 0) is 121 Å². The zero-order valence-electron chi connectivity index (χ0n) is 36.7. The van der Waals surface area contributed by atoms with E-state index in [0.717, 1.165) is 122 Å². The number of hydrogen-bond acceptors (Lipinski definition) is 8. The lowest BCUT2D eigenvalue weighted by atomic mass is 9.97. The monoisotopic (exact) mass is 788 g/mol. The number of allylic oxidation sites excluding steroid dienone is 2. The van der Waals surface area contributed by atoms with Crippen LogP contribution in [0.25, 0.3) is 0 Å². The Hall–Kier alpha value is -2.57. The van der Waals surface area contributed by atoms with Crippen LogP contribution in [-0.4, -0.2) is 68.6 Å². The fraction of sp³-hybridized carbons (Fsp3) is 0.833. The van der Waals surface area contributed by atoms with Crippen molar-refractivity contribution >= 4 is 18.1 Å². The highest BCUT2D eigenvalue weighted by atomic mass is 16.7. The van der Waals surface area contributed by atoms with Crippen LogP contribution in [0.4, 0.5) is 4.79 Å². The van der Waals surface area contributed by atoms with Gasteiger partial charge in [-0.1, -0.05) is 110 Å². The van der Waals surface area contributed by atoms with Gasteiger partial charge in [0.25, 0.3) is 0 Å². The Labute approximate surface area is 344 Å². The van der Waals surface area contributed by atoms with Gasteiger partial charge in [-0.25, -0.2) is 4.79 Å². The molecule has 0 spiro atoms. The summed E-state index contributed by atoms with van der Waals surface area (Å²) in [6.07, 6.45) is 30.6. The SMILES string of the molecule is C=CCC(C)=C=CC(CCCCC)CCOC(=O)CCCCCCCC(CCCCCCCC(=O)OCCC(C)CCCCC)OC(=O)OCCN1CCCC1. The Bertz CT molecular complexity index is 1060. The van der Waals surface area contributed by atoms with Crippen molar-refractivity contribution < 1.29 is 33.3 Å². The highest BCUT2D eigenvalue weighted by molar-refractivity contribution is 5.69. The first kappa shape index (κ1) is 51.4. The number of likely N-dealkylation sites (tertiary alicyclic amines) is 1. The third kappa shape index (κ3) is 31.5. The number of nitrogens with zero attached hydrogens (tertiary/aromatic N) is 1. The van der Waals surface area contributed by atoms with Gasteiger partial charge < -0.3 is 18.9 Å². The van der Waals surface area contributed by atoms with E-state index in [0.29, 0.717) is 44.5 Å². The lowest BCUT2D eigenvalue weighted by Crippen LogP contribution is -2.26. The maximum absolute atomic E-state index is 12.6. The summed E-state index contributed by atoms with van der Waals surface area (Å²) in [6, 6.07) is 0. The van der Waals surface area contributed by atoms with Crippen LogP contribution < -0.4 is 0 Å². The number of carbonyl (C=O) groups excluding carboxylic acids is 3. The van der Waals surface area contributed by atoms with Crippen LogP contribution >= 0.6 is 0 Å². The summed E-state index contributed by atoms with van der Waals surface area (Å²) in [6.45, 7) is 16.9. The molecule has 0 aliphatic carbocycles. The van der Waals surface area contributed by atoms with E-state index in [2.05, 4.69) is 51.0 Å². The molecule has 0 aromatic rings. The van der Waals surface area contributed by atoms with E-state index >= 15 is 0 Å². The molecule has 1 saturated heterocycles. The first-order valence-electron chi connectivity index (χ1n) is 23.2. The predicted molar refractivity (Wildman–Crippen MR) is 231 cm³/mol. The van der Waals surface area contributed by atoms with E-state index in [-0.39, 0.29) is 18.0 Å². The van der Waals surface area contributed by atoms with Crippen LogP contribution in [0.2, 0.25) is 0 Å². The minimum atomic E-state index is -0.552. The quantitative estimate of drug-likeness (QED) is 0.0202. The molecule has 1 heterocycles. The zero-order valence-corrected chi connectivity index (χ0v) is 36.7. The summed E-state index contributed by atoms with van der Waals surface area (Å²) in [7, 11) is 0. The molecule has 56 heavy (non-hydrogen) atoms. The molecule has 0 amide bonds. The summed E-state index contributed by atoms with van der Waals surface area (Å²) >= 11 is 0. The summed E-state index contributed by atoms with van der Waals surface area (Å²) in [4.78, 5) is 39.5. The van der Waals surface area contributed by atoms with E-state index in [1.807, 2.05) is 6.08 Å². The molecule has 1 aliphatic heterocycles. The molecule has 8 heteroatoms. The molecular formula is C48H85NO7. The topological polar surface area (TPSA) is 91.4 Å². The van der Waals surface area contributed by atoms with E-state index in [9.17, 15) is 14.4 Å². The average molecular weight is 788 g/mol. The normalized spacial score (nSPS) is 14.4. The Balaban J connectivity index is 2.31. The molecule has 324 valence electrons. The smallest absolute Gasteiger partial charge is 0.466 e. The molecule has 0 aromatic heterocycles. The van der Waals surface area contributed by atoms with Gasteiger partial charge in [0.05, 0.1) is 13.2 Å². The first-order chi connectivity index (χ1) is 27.3. The minimum Gasteiger partial charge on any atom is -0.466 e. The molecule has 0 saturated carbocycles. The molecule has 1 fully saturated rings. The number of esters is 2. The third-order valence-corrected chi connectivity index (χ3v) is 11.0. The van der Waals surface area contributed by atoms with Crippen molar-refractivity contribution in [1.82, 2.24) is 4.90 Å². The van der Waals surface area contributed by atoms with Crippen molar-refractivity contribution in [2.75, 3.05) is 39.5 Å². The van der Waals surface area contributed by atoms with Gasteiger partial charge in [0.1, 0.15) is 12.7 Å². The summed E-state index contributed by atoms with van der Waals surface area (Å²) < 4.78 is 22.4. The van der Waals surface area contributed by atoms with Crippen LogP contribution in [0.5, 0.6) is 0 Å². The van der Waals surface area contributed by atoms with Gasteiger partial charge in [-0.3, -0.25) is 14.5 Å². The van der Waals surface area contributed by atoms with Crippen LogP contribution in [0.1, 0.15) is 201 Å². The predicted octanol–water partition coefficient (Wildman–Crippen LogP) is 13.0. The van der Waals surface area contributed by atoms with Crippen molar-refractivity contribution in [3.05, 3.63) is 30.0 Å². The van der Waals surface area contributed by atoms with Gasteiger partial charge in [-0.15, -0.1) is 12.3 Å². The highest BCUT2D eigenvalue weighted by Gasteiger charge is 2.17. The summed E-state index contributed by atoms with van der Waals surface area (Å²) in [5.74, 6) is 0.814. The fourth-order valence-corrected chi connectivity index (χ4v) is 7.27. The van der Waals surface area contributed by atoms with Crippen molar-refractivity contribution in [3.8, 4) is 0 Å². The number of rotatable bonds is 37. The Morgan fingerprint density at radius 3 is 1.79 bits per heavy atom. The van der Waals surface area contributed by atoms with E-state index in [1.165, 1.54) is 63.4 Å². The second-order valence-corrected chi connectivity index (χ2v) is 16.5. The molecule has 3 unspecified atom stereocenters. The summed E-state index contributed by atoms with van der Waals surface area (Å²) in [5, 5.41) is 0. The second kappa shape index (κ2) is 36.7. The Morgan fingerprint density at radius 2 is 1.20 bits per heavy atom. The standard InChI is InChI=1S/C48H85NO7/c1-6-9-17-26-43(5)34-39-53-46(50)30-21-15-11-13-19-28-45(56-48(52)55-41-38-49-36-23-24-37-49)29-20-14-12-16-22-31-47(51)54-40-35-44(27-18-10-7-2)33-32-42(4)25-8-3/h8,33,43-45H,3,6-7,9-31,34-41H2,1-2,4-5H3. The number of ether oxygens (including phenoxy) is 4. The van der Waals surface area contributed by atoms with Crippen molar-refractivity contribution in [3.63, 3.8) is 0 Å². The molecule has 0 N–H and O–H groups in total. The Morgan fingerprint density at radius 1 is 0.661 bits per heavy atom. The third-order valence-electron chi connectivity index (χ3n) is 11.0. The number of hydrogen-bond donors (Lipinski definition) is 0. The first-order valence-corrected chi connectivity index (χ1v) is 23.2. The van der Waals surface area contributed by atoms with Gasteiger partial charge in [0.15, 0.2) is 0 Å². The highest BCUT2D eigenvalue weighted by Crippen LogP contribution is 2.20. The molecule has 8 nitrogen and oxygen atoms in total. The zero-order chi connectivity index (χ0) is 40.9. The molecular weight excluding hydrogens is 703 g/mol. The fourth-order valence-electron chi connectivity index (χ4n) is 7.27. The van der Waals surface area contributed by atoms with Crippen LogP contribution in [0.3, 0.4) is 0 Å². The molecule has 0 aromatic carbocycles. The number of carbonyl (C=O) groups is 3. The van der Waals surface area contributed by atoms with Crippen molar-refractivity contribution in [2.24, 2.45) is 11.8 Å². The van der Waals surface area contributed by atoms with Crippen LogP contribution in [-0.2, 0) is 28.5 Å². The van der Waals surface area contributed by atoms with Gasteiger partial charge in [0.2, 0.25) is 0 Å². The minimum absolute atomic E-state index is 0.0731. The van der Waals surface area contributed by atoms with Crippen molar-refractivity contribution in [1.29, 1.82) is 0 Å². The average Bonchev–Trinajstić information content (AvgIpc) is 3.69. The lowest BCUT2D eigenvalue weighted by molar-refractivity contribution is -0.145. The van der Waals surface area contributed by atoms with Gasteiger partial charge in [-0.2, -0.15) is 0 Å². The second-order valence-electron chi connectivity index (χ2n) is 16.5. The molecule has 0 bridgehead atoms. The maximum Gasteiger partial charge on any atom is 0.508 e. The van der Waals surface area contributed by atoms with Gasteiger partial charge in [0, 0.05) is 19.4 Å². The van der Waals surface area contributed by atoms with Gasteiger partial charge >= 0.3 is 18.1 Å². The largest absolute Gasteiger partial charge is 0.508 e. The Kier molecular flexibility index (Phi) is 33.8. The van der Waals surface area contributed by atoms with E-state index < -0.39 is 6.16 Å². The van der Waals surface area contributed by atoms with E-state index in [4.69, 9.17) is 18.9 Å². The summed E-state index contributed by atoms with van der Waals surface area (Å²) in [5.41, 5.74) is 4.59. The molecule has 1 rings (SSSR count). The molecule has 0 radical (unpaired) electrons. The molecule has 3 atom stereocenters. The van der Waals surface area contributed by atoms with Crippen molar-refractivity contribution in [2.45, 2.75) is 207 Å². The van der Waals surface area contributed by atoms with Crippen LogP contribution in [0.15, 0.2) is 30.0 Å². The maximum atomic E-state index is 12.6. The molecule has 1 aliphatic rings. The lowest BCUT2D eigenvalue weighted by Gasteiger charge is -2.19. The number of unbranched alkanes of at least 4 members (excludes halogenated alkanes) is 12.